The van der Waals surface area contributed by atoms with Gasteiger partial charge in [-0.25, -0.2) is 0 Å². The van der Waals surface area contributed by atoms with E-state index in [1.807, 2.05) is 0 Å². The van der Waals surface area contributed by atoms with Crippen LogP contribution < -0.4 is 0 Å². The first-order valence-electron chi connectivity index (χ1n) is 7.69. The zero-order valence-corrected chi connectivity index (χ0v) is 16.3. The maximum absolute atomic E-state index is 10.7. The molecule has 0 aliphatic carbocycles. The number of benzene rings is 1. The van der Waals surface area contributed by atoms with Crippen LogP contribution in [0.25, 0.3) is 0 Å². The summed E-state index contributed by atoms with van der Waals surface area (Å²) in [6.07, 6.45) is 0.622. The highest BCUT2D eigenvalue weighted by Crippen LogP contribution is 2.36. The van der Waals surface area contributed by atoms with Gasteiger partial charge in [-0.3, -0.25) is 10.1 Å². The van der Waals surface area contributed by atoms with Gasteiger partial charge in [0.25, 0.3) is 5.69 Å². The summed E-state index contributed by atoms with van der Waals surface area (Å²) in [5.41, 5.74) is 0.852. The third-order valence-electron chi connectivity index (χ3n) is 4.26. The van der Waals surface area contributed by atoms with E-state index in [1.165, 1.54) is 12.1 Å². The lowest BCUT2D eigenvalue weighted by atomic mass is 10.1. The molecule has 0 N–H and O–H groups in total. The summed E-state index contributed by atoms with van der Waals surface area (Å²) < 4.78 is 11.6. The van der Waals surface area contributed by atoms with E-state index in [-0.39, 0.29) is 10.7 Å². The Morgan fingerprint density at radius 2 is 1.87 bits per heavy atom. The molecule has 0 saturated carbocycles. The van der Waals surface area contributed by atoms with E-state index in [0.717, 1.165) is 5.56 Å². The maximum Gasteiger partial charge on any atom is 0.270 e. The lowest BCUT2D eigenvalue weighted by molar-refractivity contribution is -0.384. The number of nitro benzene ring substituents is 1. The molecule has 0 bridgehead atoms. The Morgan fingerprint density at radius 3 is 2.39 bits per heavy atom. The van der Waals surface area contributed by atoms with Crippen molar-refractivity contribution in [1.29, 1.82) is 0 Å². The molecule has 1 aromatic rings. The van der Waals surface area contributed by atoms with E-state index in [1.54, 1.807) is 6.07 Å². The van der Waals surface area contributed by atoms with Crippen LogP contribution >= 0.6 is 11.6 Å². The first-order chi connectivity index (χ1) is 10.5. The number of halogens is 1. The van der Waals surface area contributed by atoms with Crippen LogP contribution in [0.3, 0.4) is 0 Å². The summed E-state index contributed by atoms with van der Waals surface area (Å²) in [4.78, 5) is 10.2. The molecule has 0 radical (unpaired) electrons. The molecular formula is C16H26ClNO4Si. The van der Waals surface area contributed by atoms with Crippen LogP contribution in [0.5, 0.6) is 0 Å². The molecule has 7 heteroatoms. The molecule has 0 atom stereocenters. The zero-order chi connectivity index (χ0) is 17.7. The second-order valence-electron chi connectivity index (χ2n) is 7.00. The second-order valence-corrected chi connectivity index (χ2v) is 12.2. The highest BCUT2D eigenvalue weighted by molar-refractivity contribution is 6.74. The average molecular weight is 360 g/mol. The number of rotatable bonds is 8. The van der Waals surface area contributed by atoms with Crippen molar-refractivity contribution in [3.63, 3.8) is 0 Å². The van der Waals surface area contributed by atoms with Gasteiger partial charge in [0.2, 0.25) is 0 Å². The summed E-state index contributed by atoms with van der Waals surface area (Å²) in [6.45, 7) is 12.7. The molecule has 0 aromatic heterocycles. The van der Waals surface area contributed by atoms with Crippen molar-refractivity contribution in [2.24, 2.45) is 0 Å². The fourth-order valence-electron chi connectivity index (χ4n) is 1.71. The maximum atomic E-state index is 10.7. The van der Waals surface area contributed by atoms with Crippen molar-refractivity contribution in [3.8, 4) is 0 Å². The van der Waals surface area contributed by atoms with Gasteiger partial charge in [0.1, 0.15) is 0 Å². The molecule has 0 fully saturated rings. The van der Waals surface area contributed by atoms with Crippen LogP contribution in [0.15, 0.2) is 18.2 Å². The highest BCUT2D eigenvalue weighted by atomic mass is 35.5. The van der Waals surface area contributed by atoms with E-state index in [2.05, 4.69) is 33.9 Å². The monoisotopic (exact) mass is 359 g/mol. The Bertz CT molecular complexity index is 543. The normalized spacial score (nSPS) is 12.4. The molecule has 0 aliphatic heterocycles. The molecule has 1 rings (SSSR count). The summed E-state index contributed by atoms with van der Waals surface area (Å²) >= 11 is 6.04. The van der Waals surface area contributed by atoms with Crippen LogP contribution in [-0.2, 0) is 15.6 Å². The molecule has 1 aromatic carbocycles. The average Bonchev–Trinajstić information content (AvgIpc) is 2.42. The number of hydrogen-bond donors (Lipinski definition) is 0. The van der Waals surface area contributed by atoms with Crippen molar-refractivity contribution in [1.82, 2.24) is 0 Å². The Balaban J connectivity index is 2.32. The van der Waals surface area contributed by atoms with Crippen molar-refractivity contribution in [2.75, 3.05) is 19.8 Å². The fourth-order valence-corrected chi connectivity index (χ4v) is 3.00. The van der Waals surface area contributed by atoms with Crippen LogP contribution in [-0.4, -0.2) is 33.1 Å². The Kier molecular flexibility index (Phi) is 7.19. The van der Waals surface area contributed by atoms with E-state index in [0.29, 0.717) is 31.3 Å². The number of hydrogen-bond acceptors (Lipinski definition) is 4. The zero-order valence-electron chi connectivity index (χ0n) is 14.5. The van der Waals surface area contributed by atoms with Crippen LogP contribution in [0.2, 0.25) is 23.2 Å². The van der Waals surface area contributed by atoms with Crippen LogP contribution in [0, 0.1) is 10.1 Å². The fraction of sp³-hybridized carbons (Fsp3) is 0.625. The predicted octanol–water partition coefficient (Wildman–Crippen LogP) is 4.83. The van der Waals surface area contributed by atoms with Crippen molar-refractivity contribution in [2.45, 2.75) is 45.3 Å². The topological polar surface area (TPSA) is 61.6 Å². The minimum atomic E-state index is -1.72. The molecule has 0 unspecified atom stereocenters. The first kappa shape index (κ1) is 20.1. The van der Waals surface area contributed by atoms with Gasteiger partial charge in [-0.05, 0) is 30.1 Å². The number of ether oxygens (including phenoxy) is 1. The van der Waals surface area contributed by atoms with Crippen LogP contribution in [0.1, 0.15) is 26.3 Å². The molecule has 0 aliphatic rings. The molecule has 5 nitrogen and oxygen atoms in total. The summed E-state index contributed by atoms with van der Waals surface area (Å²) in [5, 5.41) is 11.3. The van der Waals surface area contributed by atoms with Crippen molar-refractivity contribution >= 4 is 25.6 Å². The van der Waals surface area contributed by atoms with E-state index in [9.17, 15) is 10.1 Å². The van der Waals surface area contributed by atoms with Gasteiger partial charge in [0.05, 0.1) is 29.8 Å². The summed E-state index contributed by atoms with van der Waals surface area (Å²) in [5.74, 6) is 0. The quantitative estimate of drug-likeness (QED) is 0.288. The minimum Gasteiger partial charge on any atom is -0.414 e. The van der Waals surface area contributed by atoms with Gasteiger partial charge < -0.3 is 9.16 Å². The third kappa shape index (κ3) is 6.22. The van der Waals surface area contributed by atoms with Gasteiger partial charge in [0, 0.05) is 12.1 Å². The molecule has 0 spiro atoms. The Hall–Kier alpha value is -0.953. The predicted molar refractivity (Wildman–Crippen MR) is 95.8 cm³/mol. The van der Waals surface area contributed by atoms with Gasteiger partial charge >= 0.3 is 0 Å². The van der Waals surface area contributed by atoms with Gasteiger partial charge in [-0.2, -0.15) is 0 Å². The van der Waals surface area contributed by atoms with E-state index >= 15 is 0 Å². The number of non-ortho nitro benzene ring substituents is 1. The molecule has 130 valence electrons. The number of nitrogens with zero attached hydrogens (tertiary/aromatic N) is 1. The van der Waals surface area contributed by atoms with Gasteiger partial charge in [0.15, 0.2) is 8.32 Å². The van der Waals surface area contributed by atoms with Gasteiger partial charge in [-0.1, -0.05) is 38.4 Å². The van der Waals surface area contributed by atoms with E-state index < -0.39 is 13.2 Å². The standard InChI is InChI=1S/C16H26ClNO4Si/c1-16(2,3)23(4,5)22-11-10-21-9-8-13-6-7-14(18(19)20)12-15(13)17/h6-7,12H,8-11H2,1-5H3. The highest BCUT2D eigenvalue weighted by Gasteiger charge is 2.36. The Morgan fingerprint density at radius 1 is 1.22 bits per heavy atom. The van der Waals surface area contributed by atoms with E-state index in [4.69, 9.17) is 20.8 Å². The minimum absolute atomic E-state index is 0.00226. The molecular weight excluding hydrogens is 334 g/mol. The first-order valence-corrected chi connectivity index (χ1v) is 11.0. The second kappa shape index (κ2) is 8.24. The van der Waals surface area contributed by atoms with Crippen LogP contribution in [0.4, 0.5) is 5.69 Å². The third-order valence-corrected chi connectivity index (χ3v) is 9.15. The molecule has 0 amide bonds. The van der Waals surface area contributed by atoms with Crippen molar-refractivity contribution < 1.29 is 14.1 Å². The molecule has 0 heterocycles. The summed E-state index contributed by atoms with van der Waals surface area (Å²) in [7, 11) is -1.72. The summed E-state index contributed by atoms with van der Waals surface area (Å²) in [6, 6.07) is 4.51. The smallest absolute Gasteiger partial charge is 0.270 e. The lowest BCUT2D eigenvalue weighted by Crippen LogP contribution is -2.41. The lowest BCUT2D eigenvalue weighted by Gasteiger charge is -2.36. The number of nitro groups is 1. The molecule has 23 heavy (non-hydrogen) atoms. The molecule has 0 saturated heterocycles. The SMILES string of the molecule is CC(C)(C)[Si](C)(C)OCCOCCc1ccc([N+](=O)[O-])cc1Cl. The Labute approximate surface area is 144 Å². The van der Waals surface area contributed by atoms with Crippen molar-refractivity contribution in [3.05, 3.63) is 38.9 Å². The largest absolute Gasteiger partial charge is 0.414 e. The van der Waals surface area contributed by atoms with Gasteiger partial charge in [-0.15, -0.1) is 0 Å².